The first kappa shape index (κ1) is 25.0. The molecule has 7 nitrogen and oxygen atoms in total. The Hall–Kier alpha value is -3.33. The van der Waals surface area contributed by atoms with Gasteiger partial charge in [-0.25, -0.2) is 15.0 Å². The van der Waals surface area contributed by atoms with E-state index >= 15 is 0 Å². The Morgan fingerprint density at radius 2 is 1.29 bits per heavy atom. The molecule has 2 fully saturated rings. The molecular weight excluding hydrogens is 546 g/mol. The van der Waals surface area contributed by atoms with Crippen LogP contribution < -0.4 is 4.74 Å². The first-order chi connectivity index (χ1) is 18.6. The third-order valence-corrected chi connectivity index (χ3v) is 7.11. The molecule has 1 N–H and O–H groups in total. The molecule has 0 saturated carbocycles. The number of aromatic nitrogens is 3. The van der Waals surface area contributed by atoms with Crippen molar-refractivity contribution in [3.63, 3.8) is 0 Å². The van der Waals surface area contributed by atoms with Crippen LogP contribution in [0.2, 0.25) is 0 Å². The van der Waals surface area contributed by atoms with E-state index in [1.165, 1.54) is 11.1 Å². The first-order valence-electron chi connectivity index (χ1n) is 12.8. The lowest BCUT2D eigenvalue weighted by Crippen LogP contribution is -2.02. The number of nitrogens with zero attached hydrogens (tertiary/aromatic N) is 3. The van der Waals surface area contributed by atoms with Gasteiger partial charge in [-0.1, -0.05) is 64.5 Å². The SMILES string of the molecule is Oc1cc(OCCCBr)ccc1-c1nc(-c2ccc(CC3CO3)cc2)nc(-c2ccc(CC3CO3)cc2)n1. The lowest BCUT2D eigenvalue weighted by Gasteiger charge is -2.11. The average molecular weight is 574 g/mol. The molecule has 0 aliphatic carbocycles. The molecule has 194 valence electrons. The second-order valence-electron chi connectivity index (χ2n) is 9.59. The van der Waals surface area contributed by atoms with Gasteiger partial charge in [0.05, 0.1) is 37.6 Å². The number of epoxide rings is 2. The molecule has 1 aromatic heterocycles. The maximum absolute atomic E-state index is 10.9. The van der Waals surface area contributed by atoms with Crippen molar-refractivity contribution in [2.75, 3.05) is 25.2 Å². The fourth-order valence-electron chi connectivity index (χ4n) is 4.27. The molecule has 8 heteroatoms. The van der Waals surface area contributed by atoms with Crippen LogP contribution in [0.5, 0.6) is 11.5 Å². The van der Waals surface area contributed by atoms with Gasteiger partial charge < -0.3 is 19.3 Å². The molecule has 2 saturated heterocycles. The van der Waals surface area contributed by atoms with E-state index in [9.17, 15) is 5.11 Å². The predicted octanol–water partition coefficient (Wildman–Crippen LogP) is 5.62. The highest BCUT2D eigenvalue weighted by molar-refractivity contribution is 9.09. The summed E-state index contributed by atoms with van der Waals surface area (Å²) in [6.45, 7) is 2.23. The van der Waals surface area contributed by atoms with Gasteiger partial charge in [0.25, 0.3) is 0 Å². The molecule has 2 aliphatic rings. The van der Waals surface area contributed by atoms with Gasteiger partial charge in [-0.2, -0.15) is 0 Å². The lowest BCUT2D eigenvalue weighted by molar-refractivity contribution is 0.317. The van der Waals surface area contributed by atoms with E-state index in [1.54, 1.807) is 12.1 Å². The smallest absolute Gasteiger partial charge is 0.167 e. The average Bonchev–Trinajstić information content (AvgIpc) is 3.87. The van der Waals surface area contributed by atoms with Crippen LogP contribution in [0.15, 0.2) is 66.7 Å². The summed E-state index contributed by atoms with van der Waals surface area (Å²) in [5, 5.41) is 11.7. The topological polar surface area (TPSA) is 93.2 Å². The number of phenols is 1. The summed E-state index contributed by atoms with van der Waals surface area (Å²) in [5.74, 6) is 2.16. The maximum Gasteiger partial charge on any atom is 0.167 e. The van der Waals surface area contributed by atoms with Crippen molar-refractivity contribution in [3.8, 4) is 45.7 Å². The van der Waals surface area contributed by atoms with Crippen molar-refractivity contribution in [2.45, 2.75) is 31.5 Å². The minimum Gasteiger partial charge on any atom is -0.507 e. The molecule has 2 atom stereocenters. The Morgan fingerprint density at radius 1 is 0.763 bits per heavy atom. The Kier molecular flexibility index (Phi) is 7.35. The second-order valence-corrected chi connectivity index (χ2v) is 10.4. The van der Waals surface area contributed by atoms with Gasteiger partial charge >= 0.3 is 0 Å². The summed E-state index contributed by atoms with van der Waals surface area (Å²) in [6, 6.07) is 21.7. The maximum atomic E-state index is 10.9. The molecule has 3 heterocycles. The Balaban J connectivity index is 1.34. The van der Waals surface area contributed by atoms with E-state index < -0.39 is 0 Å². The van der Waals surface area contributed by atoms with Gasteiger partial charge in [0.1, 0.15) is 11.5 Å². The van der Waals surface area contributed by atoms with Gasteiger partial charge in [-0.3, -0.25) is 0 Å². The van der Waals surface area contributed by atoms with Crippen LogP contribution in [0.1, 0.15) is 17.5 Å². The monoisotopic (exact) mass is 573 g/mol. The highest BCUT2D eigenvalue weighted by Crippen LogP contribution is 2.33. The van der Waals surface area contributed by atoms with Crippen LogP contribution in [-0.4, -0.2) is 57.4 Å². The van der Waals surface area contributed by atoms with Gasteiger partial charge in [-0.05, 0) is 29.7 Å². The van der Waals surface area contributed by atoms with E-state index in [1.807, 2.05) is 30.3 Å². The zero-order valence-corrected chi connectivity index (χ0v) is 22.4. The van der Waals surface area contributed by atoms with Crippen molar-refractivity contribution in [1.29, 1.82) is 0 Å². The number of phenolic OH excluding ortho intramolecular Hbond substituents is 1. The van der Waals surface area contributed by atoms with E-state index in [0.29, 0.717) is 47.6 Å². The van der Waals surface area contributed by atoms with E-state index in [0.717, 1.165) is 48.9 Å². The quantitative estimate of drug-likeness (QED) is 0.141. The molecule has 0 radical (unpaired) electrons. The number of rotatable bonds is 11. The third kappa shape index (κ3) is 6.20. The highest BCUT2D eigenvalue weighted by Gasteiger charge is 2.23. The predicted molar refractivity (Wildman–Crippen MR) is 149 cm³/mol. The highest BCUT2D eigenvalue weighted by atomic mass is 79.9. The van der Waals surface area contributed by atoms with Gasteiger partial charge in [0, 0.05) is 35.4 Å². The van der Waals surface area contributed by atoms with Crippen LogP contribution in [0.4, 0.5) is 0 Å². The van der Waals surface area contributed by atoms with Crippen molar-refractivity contribution in [1.82, 2.24) is 15.0 Å². The molecule has 38 heavy (non-hydrogen) atoms. The molecule has 4 aromatic rings. The van der Waals surface area contributed by atoms with Crippen LogP contribution >= 0.6 is 15.9 Å². The van der Waals surface area contributed by atoms with Crippen LogP contribution in [0, 0.1) is 0 Å². The minimum atomic E-state index is 0.0593. The van der Waals surface area contributed by atoms with Crippen molar-refractivity contribution >= 4 is 15.9 Å². The summed E-state index contributed by atoms with van der Waals surface area (Å²) >= 11 is 3.40. The van der Waals surface area contributed by atoms with Crippen LogP contribution in [0.25, 0.3) is 34.2 Å². The number of ether oxygens (including phenoxy) is 3. The Morgan fingerprint density at radius 3 is 1.76 bits per heavy atom. The minimum absolute atomic E-state index is 0.0593. The number of hydrogen-bond acceptors (Lipinski definition) is 7. The molecule has 0 bridgehead atoms. The number of benzene rings is 3. The van der Waals surface area contributed by atoms with Crippen molar-refractivity contribution in [2.24, 2.45) is 0 Å². The number of aromatic hydroxyl groups is 1. The van der Waals surface area contributed by atoms with E-state index in [2.05, 4.69) is 40.2 Å². The normalized spacial score (nSPS) is 17.8. The second kappa shape index (κ2) is 11.2. The lowest BCUT2D eigenvalue weighted by atomic mass is 10.1. The van der Waals surface area contributed by atoms with Crippen LogP contribution in [-0.2, 0) is 22.3 Å². The molecule has 2 unspecified atom stereocenters. The van der Waals surface area contributed by atoms with E-state index in [-0.39, 0.29) is 5.75 Å². The molecular formula is C30H28BrN3O4. The zero-order valence-electron chi connectivity index (χ0n) is 20.8. The molecule has 0 spiro atoms. The Labute approximate surface area is 230 Å². The molecule has 2 aliphatic heterocycles. The zero-order chi connectivity index (χ0) is 25.9. The largest absolute Gasteiger partial charge is 0.507 e. The Bertz CT molecular complexity index is 1330. The fraction of sp³-hybridized carbons (Fsp3) is 0.300. The summed E-state index contributed by atoms with van der Waals surface area (Å²) in [5.41, 5.74) is 4.72. The molecule has 6 rings (SSSR count). The summed E-state index contributed by atoms with van der Waals surface area (Å²) < 4.78 is 16.5. The standard InChI is InChI=1S/C30H28BrN3O4/c31-12-1-13-36-23-10-11-26(27(35)16-23)30-33-28(21-6-2-19(3-7-21)14-24-17-37-24)32-29(34-30)22-8-4-20(5-9-22)15-25-18-38-25/h2-11,16,24-25,35H,1,12-15,17-18H2. The fourth-order valence-corrected chi connectivity index (χ4v) is 4.50. The van der Waals surface area contributed by atoms with Crippen LogP contribution in [0.3, 0.4) is 0 Å². The number of halogens is 1. The van der Waals surface area contributed by atoms with Gasteiger partial charge in [0.2, 0.25) is 0 Å². The van der Waals surface area contributed by atoms with Gasteiger partial charge in [-0.15, -0.1) is 0 Å². The first-order valence-corrected chi connectivity index (χ1v) is 14.0. The third-order valence-electron chi connectivity index (χ3n) is 6.55. The summed E-state index contributed by atoms with van der Waals surface area (Å²) in [4.78, 5) is 14.3. The van der Waals surface area contributed by atoms with E-state index in [4.69, 9.17) is 29.2 Å². The molecule has 3 aromatic carbocycles. The van der Waals surface area contributed by atoms with Gasteiger partial charge in [0.15, 0.2) is 17.5 Å². The number of hydrogen-bond donors (Lipinski definition) is 1. The van der Waals surface area contributed by atoms with Crippen molar-refractivity contribution < 1.29 is 19.3 Å². The van der Waals surface area contributed by atoms with Crippen molar-refractivity contribution in [3.05, 3.63) is 77.9 Å². The number of alkyl halides is 1. The summed E-state index contributed by atoms with van der Waals surface area (Å²) in [6.07, 6.45) is 3.36. The summed E-state index contributed by atoms with van der Waals surface area (Å²) in [7, 11) is 0. The molecule has 0 amide bonds.